The van der Waals surface area contributed by atoms with Crippen molar-refractivity contribution >= 4 is 27.3 Å². The number of ether oxygens (including phenoxy) is 1. The van der Waals surface area contributed by atoms with Gasteiger partial charge in [-0.05, 0) is 54.2 Å². The Balaban J connectivity index is 1.75. The van der Waals surface area contributed by atoms with Gasteiger partial charge in [-0.1, -0.05) is 49.7 Å². The quantitative estimate of drug-likeness (QED) is 0.629. The summed E-state index contributed by atoms with van der Waals surface area (Å²) in [4.78, 5) is 14.7. The summed E-state index contributed by atoms with van der Waals surface area (Å²) >= 11 is 5.98. The van der Waals surface area contributed by atoms with Gasteiger partial charge in [-0.25, -0.2) is 8.42 Å². The number of hydrogen-bond donors (Lipinski definition) is 0. The van der Waals surface area contributed by atoms with Crippen molar-refractivity contribution < 1.29 is 17.9 Å². The van der Waals surface area contributed by atoms with Gasteiger partial charge in [-0.2, -0.15) is 0 Å². The molecule has 0 radical (unpaired) electrons. The van der Waals surface area contributed by atoms with Crippen LogP contribution >= 0.6 is 11.6 Å². The maximum atomic E-state index is 13.1. The third-order valence-electron chi connectivity index (χ3n) is 5.46. The van der Waals surface area contributed by atoms with E-state index in [0.29, 0.717) is 29.7 Å². The van der Waals surface area contributed by atoms with Crippen LogP contribution < -0.4 is 4.74 Å². The third kappa shape index (κ3) is 5.76. The summed E-state index contributed by atoms with van der Waals surface area (Å²) in [5.74, 6) is 0.911. The predicted octanol–water partition coefficient (Wildman–Crippen LogP) is 4.37. The van der Waals surface area contributed by atoms with E-state index < -0.39 is 9.84 Å². The van der Waals surface area contributed by atoms with E-state index in [1.807, 2.05) is 19.1 Å². The van der Waals surface area contributed by atoms with Crippen molar-refractivity contribution in [2.75, 3.05) is 18.1 Å². The molecule has 0 aromatic heterocycles. The lowest BCUT2D eigenvalue weighted by Gasteiger charge is -2.28. The second-order valence-electron chi connectivity index (χ2n) is 8.17. The monoisotopic (exact) mass is 449 g/mol. The smallest absolute Gasteiger partial charge is 0.261 e. The average Bonchev–Trinajstić information content (AvgIpc) is 3.05. The number of rotatable bonds is 7. The molecule has 0 saturated carbocycles. The van der Waals surface area contributed by atoms with E-state index in [1.54, 1.807) is 23.1 Å². The molecule has 5 nitrogen and oxygen atoms in total. The minimum atomic E-state index is -3.11. The van der Waals surface area contributed by atoms with Crippen molar-refractivity contribution in [3.8, 4) is 5.75 Å². The molecule has 0 bridgehead atoms. The summed E-state index contributed by atoms with van der Waals surface area (Å²) in [7, 11) is -3.11. The number of nitrogens with zero attached hydrogens (tertiary/aromatic N) is 1. The highest BCUT2D eigenvalue weighted by Gasteiger charge is 2.34. The first kappa shape index (κ1) is 22.6. The first-order valence-corrected chi connectivity index (χ1v) is 12.3. The summed E-state index contributed by atoms with van der Waals surface area (Å²) in [6.45, 7) is 6.33. The van der Waals surface area contributed by atoms with E-state index in [1.165, 1.54) is 5.56 Å². The second-order valence-corrected chi connectivity index (χ2v) is 10.8. The number of sulfone groups is 1. The van der Waals surface area contributed by atoms with Crippen LogP contribution in [0.25, 0.3) is 0 Å². The zero-order valence-corrected chi connectivity index (χ0v) is 19.2. The Morgan fingerprint density at radius 1 is 1.20 bits per heavy atom. The number of benzene rings is 2. The van der Waals surface area contributed by atoms with Gasteiger partial charge in [-0.3, -0.25) is 4.79 Å². The van der Waals surface area contributed by atoms with Crippen molar-refractivity contribution in [3.05, 3.63) is 64.2 Å². The van der Waals surface area contributed by atoms with Crippen LogP contribution in [0.1, 0.15) is 42.9 Å². The molecule has 2 aromatic rings. The lowest BCUT2D eigenvalue weighted by atomic mass is 10.0. The molecular formula is C23H28ClNO4S. The number of carbonyl (C=O) groups is 1. The van der Waals surface area contributed by atoms with Crippen LogP contribution in [0.3, 0.4) is 0 Å². The Bertz CT molecular complexity index is 1000. The topological polar surface area (TPSA) is 63.7 Å². The molecule has 1 saturated heterocycles. The standard InChI is InChI=1S/C23H28ClNO4S/c1-16(2)19-6-4-18(5-7-19)13-25(21-10-11-30(27,28)15-21)23(26)14-29-22-9-8-20(24)12-17(22)3/h4-9,12,16,21H,10-11,13-15H2,1-3H3/t21-/m0/s1. The van der Waals surface area contributed by atoms with Gasteiger partial charge in [0.15, 0.2) is 16.4 Å². The van der Waals surface area contributed by atoms with Gasteiger partial charge in [-0.15, -0.1) is 0 Å². The van der Waals surface area contributed by atoms with Crippen molar-refractivity contribution in [2.45, 2.75) is 45.7 Å². The molecule has 1 aliphatic rings. The second kappa shape index (κ2) is 9.40. The van der Waals surface area contributed by atoms with Gasteiger partial charge in [0, 0.05) is 17.6 Å². The fourth-order valence-corrected chi connectivity index (χ4v) is 5.60. The Hall–Kier alpha value is -2.05. The van der Waals surface area contributed by atoms with Gasteiger partial charge in [0.05, 0.1) is 11.5 Å². The molecule has 7 heteroatoms. The number of amides is 1. The summed E-state index contributed by atoms with van der Waals surface area (Å²) in [5.41, 5.74) is 3.04. The maximum Gasteiger partial charge on any atom is 0.261 e. The van der Waals surface area contributed by atoms with Crippen LogP contribution in [-0.4, -0.2) is 43.4 Å². The number of hydrogen-bond acceptors (Lipinski definition) is 4. The van der Waals surface area contributed by atoms with E-state index in [4.69, 9.17) is 16.3 Å². The molecule has 3 rings (SSSR count). The molecule has 1 fully saturated rings. The van der Waals surface area contributed by atoms with Crippen molar-refractivity contribution in [1.82, 2.24) is 4.90 Å². The maximum absolute atomic E-state index is 13.1. The summed E-state index contributed by atoms with van der Waals surface area (Å²) in [6.07, 6.45) is 0.456. The van der Waals surface area contributed by atoms with E-state index in [-0.39, 0.29) is 30.1 Å². The minimum absolute atomic E-state index is 0.00277. The Morgan fingerprint density at radius 2 is 1.90 bits per heavy atom. The van der Waals surface area contributed by atoms with Crippen LogP contribution in [0, 0.1) is 6.92 Å². The zero-order chi connectivity index (χ0) is 21.9. The number of aryl methyl sites for hydroxylation is 1. The number of carbonyl (C=O) groups excluding carboxylic acids is 1. The number of halogens is 1. The van der Waals surface area contributed by atoms with Gasteiger partial charge in [0.2, 0.25) is 0 Å². The molecule has 0 aliphatic carbocycles. The van der Waals surface area contributed by atoms with Gasteiger partial charge >= 0.3 is 0 Å². The normalized spacial score (nSPS) is 17.8. The molecule has 1 atom stereocenters. The van der Waals surface area contributed by atoms with Crippen molar-refractivity contribution in [2.24, 2.45) is 0 Å². The van der Waals surface area contributed by atoms with Gasteiger partial charge < -0.3 is 9.64 Å². The largest absolute Gasteiger partial charge is 0.483 e. The van der Waals surface area contributed by atoms with Gasteiger partial charge in [0.1, 0.15) is 5.75 Å². The van der Waals surface area contributed by atoms with E-state index in [2.05, 4.69) is 26.0 Å². The molecule has 1 aliphatic heterocycles. The summed E-state index contributed by atoms with van der Waals surface area (Å²) in [5, 5.41) is 0.605. The summed E-state index contributed by atoms with van der Waals surface area (Å²) in [6, 6.07) is 13.0. The lowest BCUT2D eigenvalue weighted by molar-refractivity contribution is -0.136. The highest BCUT2D eigenvalue weighted by Crippen LogP contribution is 2.24. The molecule has 0 N–H and O–H groups in total. The molecule has 1 amide bonds. The molecule has 2 aromatic carbocycles. The predicted molar refractivity (Wildman–Crippen MR) is 120 cm³/mol. The van der Waals surface area contributed by atoms with Crippen LogP contribution in [0.4, 0.5) is 0 Å². The molecule has 30 heavy (non-hydrogen) atoms. The third-order valence-corrected chi connectivity index (χ3v) is 7.44. The fourth-order valence-electron chi connectivity index (χ4n) is 3.64. The van der Waals surface area contributed by atoms with Crippen LogP contribution in [0.5, 0.6) is 5.75 Å². The fraction of sp³-hybridized carbons (Fsp3) is 0.435. The minimum Gasteiger partial charge on any atom is -0.483 e. The van der Waals surface area contributed by atoms with Crippen LogP contribution in [0.15, 0.2) is 42.5 Å². The Kier molecular flexibility index (Phi) is 7.09. The molecule has 1 heterocycles. The highest BCUT2D eigenvalue weighted by molar-refractivity contribution is 7.91. The van der Waals surface area contributed by atoms with Crippen molar-refractivity contribution in [1.29, 1.82) is 0 Å². The Labute approximate surface area is 183 Å². The zero-order valence-electron chi connectivity index (χ0n) is 17.6. The van der Waals surface area contributed by atoms with Crippen molar-refractivity contribution in [3.63, 3.8) is 0 Å². The lowest BCUT2D eigenvalue weighted by Crippen LogP contribution is -2.43. The average molecular weight is 450 g/mol. The Morgan fingerprint density at radius 3 is 2.47 bits per heavy atom. The van der Waals surface area contributed by atoms with E-state index >= 15 is 0 Å². The molecule has 162 valence electrons. The first-order chi connectivity index (χ1) is 14.1. The van der Waals surface area contributed by atoms with Crippen LogP contribution in [-0.2, 0) is 21.2 Å². The molecular weight excluding hydrogens is 422 g/mol. The van der Waals surface area contributed by atoms with E-state index in [9.17, 15) is 13.2 Å². The molecule has 0 spiro atoms. The van der Waals surface area contributed by atoms with Crippen LogP contribution in [0.2, 0.25) is 5.02 Å². The summed E-state index contributed by atoms with van der Waals surface area (Å²) < 4.78 is 29.8. The molecule has 0 unspecified atom stereocenters. The highest BCUT2D eigenvalue weighted by atomic mass is 35.5. The first-order valence-electron chi connectivity index (χ1n) is 10.1. The SMILES string of the molecule is Cc1cc(Cl)ccc1OCC(=O)N(Cc1ccc(C(C)C)cc1)[C@H]1CCS(=O)(=O)C1. The van der Waals surface area contributed by atoms with E-state index in [0.717, 1.165) is 11.1 Å². The van der Waals surface area contributed by atoms with Gasteiger partial charge in [0.25, 0.3) is 5.91 Å².